The van der Waals surface area contributed by atoms with Gasteiger partial charge in [0.15, 0.2) is 0 Å². The Balaban J connectivity index is 2.22. The van der Waals surface area contributed by atoms with E-state index in [1.54, 1.807) is 10.0 Å². The van der Waals surface area contributed by atoms with Gasteiger partial charge in [0.1, 0.15) is 5.92 Å². The van der Waals surface area contributed by atoms with Crippen molar-refractivity contribution in [1.29, 1.82) is 0 Å². The summed E-state index contributed by atoms with van der Waals surface area (Å²) in [5, 5.41) is 3.37. The Labute approximate surface area is 96.6 Å². The maximum Gasteiger partial charge on any atom is 0.253 e. The highest BCUT2D eigenvalue weighted by Crippen LogP contribution is 2.40. The zero-order valence-corrected chi connectivity index (χ0v) is 10.3. The van der Waals surface area contributed by atoms with Gasteiger partial charge in [-0.3, -0.25) is 19.6 Å². The van der Waals surface area contributed by atoms with E-state index in [0.717, 1.165) is 25.9 Å². The Kier molecular flexibility index (Phi) is 2.68. The predicted octanol–water partition coefficient (Wildman–Crippen LogP) is 1.42. The SMILES string of the molecule is CCC1C(=O)N2CC(CC)(CC)CN2C1=O. The predicted molar refractivity (Wildman–Crippen MR) is 60.2 cm³/mol. The topological polar surface area (TPSA) is 40.6 Å². The van der Waals surface area contributed by atoms with Gasteiger partial charge in [-0.05, 0) is 19.3 Å². The van der Waals surface area contributed by atoms with Crippen LogP contribution in [0, 0.1) is 11.3 Å². The molecular formula is C12H20N2O2. The van der Waals surface area contributed by atoms with Gasteiger partial charge in [0.05, 0.1) is 13.1 Å². The molecule has 0 N–H and O–H groups in total. The van der Waals surface area contributed by atoms with Crippen molar-refractivity contribution < 1.29 is 9.59 Å². The van der Waals surface area contributed by atoms with Crippen molar-refractivity contribution in [3.05, 3.63) is 0 Å². The number of carbonyl (C=O) groups is 2. The number of amides is 2. The highest BCUT2D eigenvalue weighted by Gasteiger charge is 2.53. The minimum absolute atomic E-state index is 0.0104. The fourth-order valence-electron chi connectivity index (χ4n) is 2.76. The van der Waals surface area contributed by atoms with Gasteiger partial charge < -0.3 is 0 Å². The summed E-state index contributed by atoms with van der Waals surface area (Å²) in [6.45, 7) is 7.62. The number of hydrazine groups is 1. The van der Waals surface area contributed by atoms with Crippen LogP contribution in [0.3, 0.4) is 0 Å². The van der Waals surface area contributed by atoms with Crippen molar-refractivity contribution in [2.45, 2.75) is 40.0 Å². The van der Waals surface area contributed by atoms with Gasteiger partial charge in [0.25, 0.3) is 11.8 Å². The zero-order chi connectivity index (χ0) is 11.9. The molecule has 2 aliphatic rings. The quantitative estimate of drug-likeness (QED) is 0.680. The largest absolute Gasteiger partial charge is 0.272 e. The second-order valence-electron chi connectivity index (χ2n) is 4.96. The van der Waals surface area contributed by atoms with Crippen molar-refractivity contribution in [1.82, 2.24) is 10.0 Å². The third kappa shape index (κ3) is 1.35. The lowest BCUT2D eigenvalue weighted by atomic mass is 9.82. The summed E-state index contributed by atoms with van der Waals surface area (Å²) < 4.78 is 0. The van der Waals surface area contributed by atoms with Crippen LogP contribution in [0.25, 0.3) is 0 Å². The molecule has 2 aliphatic heterocycles. The summed E-state index contributed by atoms with van der Waals surface area (Å²) in [7, 11) is 0. The van der Waals surface area contributed by atoms with E-state index < -0.39 is 5.92 Å². The first kappa shape index (κ1) is 11.4. The lowest BCUT2D eigenvalue weighted by molar-refractivity contribution is -0.141. The summed E-state index contributed by atoms with van der Waals surface area (Å²) in [4.78, 5) is 24.0. The van der Waals surface area contributed by atoms with Gasteiger partial charge in [-0.1, -0.05) is 20.8 Å². The zero-order valence-electron chi connectivity index (χ0n) is 10.3. The Morgan fingerprint density at radius 3 is 1.81 bits per heavy atom. The van der Waals surface area contributed by atoms with Crippen LogP contribution in [0.2, 0.25) is 0 Å². The maximum absolute atomic E-state index is 12.0. The molecule has 2 saturated heterocycles. The smallest absolute Gasteiger partial charge is 0.253 e. The molecule has 0 saturated carbocycles. The first-order chi connectivity index (χ1) is 7.58. The standard InChI is InChI=1S/C12H20N2O2/c1-4-9-10(15)13-7-12(5-2,6-3)8-14(13)11(9)16/h9H,4-8H2,1-3H3. The second kappa shape index (κ2) is 3.75. The number of hydrogen-bond donors (Lipinski definition) is 0. The summed E-state index contributed by atoms with van der Waals surface area (Å²) in [5.41, 5.74) is 0.129. The van der Waals surface area contributed by atoms with E-state index in [2.05, 4.69) is 13.8 Å². The molecular weight excluding hydrogens is 204 g/mol. The lowest BCUT2D eigenvalue weighted by Gasteiger charge is -2.24. The molecule has 2 rings (SSSR count). The maximum atomic E-state index is 12.0. The Morgan fingerprint density at radius 2 is 1.50 bits per heavy atom. The summed E-state index contributed by atoms with van der Waals surface area (Å²) in [6.07, 6.45) is 2.66. The molecule has 0 aromatic heterocycles. The number of fused-ring (bicyclic) bond motifs is 1. The van der Waals surface area contributed by atoms with E-state index in [4.69, 9.17) is 0 Å². The van der Waals surface area contributed by atoms with Gasteiger partial charge >= 0.3 is 0 Å². The van der Waals surface area contributed by atoms with Crippen LogP contribution in [0.4, 0.5) is 0 Å². The van der Waals surface area contributed by atoms with Crippen LogP contribution < -0.4 is 0 Å². The molecule has 0 unspecified atom stereocenters. The molecule has 0 aliphatic carbocycles. The van der Waals surface area contributed by atoms with Crippen LogP contribution in [0.15, 0.2) is 0 Å². The molecule has 2 fully saturated rings. The van der Waals surface area contributed by atoms with Crippen molar-refractivity contribution >= 4 is 11.8 Å². The van der Waals surface area contributed by atoms with Crippen molar-refractivity contribution in [2.75, 3.05) is 13.1 Å². The van der Waals surface area contributed by atoms with Crippen molar-refractivity contribution in [3.8, 4) is 0 Å². The second-order valence-corrected chi connectivity index (χ2v) is 4.96. The third-order valence-electron chi connectivity index (χ3n) is 4.28. The van der Waals surface area contributed by atoms with E-state index in [0.29, 0.717) is 6.42 Å². The average molecular weight is 224 g/mol. The highest BCUT2D eigenvalue weighted by atomic mass is 16.2. The van der Waals surface area contributed by atoms with Gasteiger partial charge in [0, 0.05) is 5.41 Å². The summed E-state index contributed by atoms with van der Waals surface area (Å²) >= 11 is 0. The number of hydrogen-bond acceptors (Lipinski definition) is 2. The molecule has 0 spiro atoms. The number of nitrogens with zero attached hydrogens (tertiary/aromatic N) is 2. The summed E-state index contributed by atoms with van der Waals surface area (Å²) in [5.74, 6) is -0.390. The first-order valence-corrected chi connectivity index (χ1v) is 6.21. The van der Waals surface area contributed by atoms with Crippen LogP contribution in [-0.2, 0) is 9.59 Å². The van der Waals surface area contributed by atoms with Crippen molar-refractivity contribution in [3.63, 3.8) is 0 Å². The van der Waals surface area contributed by atoms with E-state index in [1.165, 1.54) is 0 Å². The van der Waals surface area contributed by atoms with Gasteiger partial charge in [-0.15, -0.1) is 0 Å². The minimum atomic E-state index is -0.410. The van der Waals surface area contributed by atoms with E-state index in [-0.39, 0.29) is 17.2 Å². The molecule has 0 bridgehead atoms. The molecule has 0 radical (unpaired) electrons. The van der Waals surface area contributed by atoms with Crippen LogP contribution in [0.1, 0.15) is 40.0 Å². The molecule has 2 heterocycles. The molecule has 16 heavy (non-hydrogen) atoms. The average Bonchev–Trinajstić information content (AvgIpc) is 2.78. The molecule has 0 atom stereocenters. The molecule has 4 nitrogen and oxygen atoms in total. The molecule has 4 heteroatoms. The Bertz CT molecular complexity index is 297. The van der Waals surface area contributed by atoms with Gasteiger partial charge in [0.2, 0.25) is 0 Å². The van der Waals surface area contributed by atoms with Gasteiger partial charge in [-0.25, -0.2) is 0 Å². The number of carbonyl (C=O) groups excluding carboxylic acids is 2. The third-order valence-corrected chi connectivity index (χ3v) is 4.28. The number of rotatable bonds is 3. The molecule has 2 amide bonds. The van der Waals surface area contributed by atoms with Crippen LogP contribution in [0.5, 0.6) is 0 Å². The Morgan fingerprint density at radius 1 is 1.06 bits per heavy atom. The van der Waals surface area contributed by atoms with Crippen LogP contribution in [-0.4, -0.2) is 34.9 Å². The monoisotopic (exact) mass is 224 g/mol. The highest BCUT2D eigenvalue weighted by molar-refractivity contribution is 6.05. The summed E-state index contributed by atoms with van der Waals surface area (Å²) in [6, 6.07) is 0. The minimum Gasteiger partial charge on any atom is -0.272 e. The molecule has 90 valence electrons. The van der Waals surface area contributed by atoms with E-state index in [1.807, 2.05) is 6.92 Å². The van der Waals surface area contributed by atoms with Gasteiger partial charge in [-0.2, -0.15) is 0 Å². The van der Waals surface area contributed by atoms with Crippen LogP contribution >= 0.6 is 0 Å². The normalized spacial score (nSPS) is 24.4. The lowest BCUT2D eigenvalue weighted by Crippen LogP contribution is -2.33. The molecule has 0 aromatic carbocycles. The first-order valence-electron chi connectivity index (χ1n) is 6.21. The van der Waals surface area contributed by atoms with Crippen molar-refractivity contribution in [2.24, 2.45) is 11.3 Å². The fourth-order valence-corrected chi connectivity index (χ4v) is 2.76. The van der Waals surface area contributed by atoms with E-state index >= 15 is 0 Å². The van der Waals surface area contributed by atoms with E-state index in [9.17, 15) is 9.59 Å². The molecule has 0 aromatic rings. The Hall–Kier alpha value is -1.06. The fraction of sp³-hybridized carbons (Fsp3) is 0.833.